The van der Waals surface area contributed by atoms with Crippen LogP contribution in [0, 0.1) is 0 Å². The van der Waals surface area contributed by atoms with Gasteiger partial charge >= 0.3 is 0 Å². The van der Waals surface area contributed by atoms with Gasteiger partial charge < -0.3 is 19.5 Å². The van der Waals surface area contributed by atoms with Gasteiger partial charge in [0.25, 0.3) is 0 Å². The van der Waals surface area contributed by atoms with Crippen molar-refractivity contribution < 1.29 is 14.2 Å². The predicted molar refractivity (Wildman–Crippen MR) is 61.2 cm³/mol. The van der Waals surface area contributed by atoms with Crippen molar-refractivity contribution in [3.8, 4) is 0 Å². The lowest BCUT2D eigenvalue weighted by Crippen LogP contribution is -2.32. The molecule has 92 valence electrons. The summed E-state index contributed by atoms with van der Waals surface area (Å²) in [4.78, 5) is 0. The van der Waals surface area contributed by atoms with Crippen LogP contribution in [0.15, 0.2) is 0 Å². The van der Waals surface area contributed by atoms with Crippen molar-refractivity contribution in [1.29, 1.82) is 0 Å². The number of nitrogens with one attached hydrogen (secondary N) is 1. The smallest absolute Gasteiger partial charge is 0.0704 e. The molecule has 0 radical (unpaired) electrons. The maximum absolute atomic E-state index is 5.54. The summed E-state index contributed by atoms with van der Waals surface area (Å²) in [6.07, 6.45) is 0.235. The van der Waals surface area contributed by atoms with Crippen molar-refractivity contribution in [2.45, 2.75) is 32.9 Å². The highest BCUT2D eigenvalue weighted by atomic mass is 16.5. The van der Waals surface area contributed by atoms with Gasteiger partial charge in [0, 0.05) is 19.7 Å². The van der Waals surface area contributed by atoms with Crippen LogP contribution in [0.25, 0.3) is 0 Å². The quantitative estimate of drug-likeness (QED) is 0.558. The van der Waals surface area contributed by atoms with Crippen molar-refractivity contribution in [2.75, 3.05) is 40.1 Å². The molecule has 0 saturated carbocycles. The molecule has 0 aliphatic rings. The van der Waals surface area contributed by atoms with Gasteiger partial charge in [0.15, 0.2) is 0 Å². The number of rotatable bonds is 10. The zero-order valence-electron chi connectivity index (χ0n) is 10.4. The van der Waals surface area contributed by atoms with E-state index in [0.29, 0.717) is 32.5 Å². The lowest BCUT2D eigenvalue weighted by atomic mass is 10.3. The molecular formula is C11H25NO3. The van der Waals surface area contributed by atoms with E-state index in [1.54, 1.807) is 7.11 Å². The molecule has 0 spiro atoms. The summed E-state index contributed by atoms with van der Waals surface area (Å²) < 4.78 is 15.7. The molecule has 1 atom stereocenters. The van der Waals surface area contributed by atoms with Gasteiger partial charge in [0.05, 0.1) is 32.5 Å². The van der Waals surface area contributed by atoms with E-state index in [2.05, 4.69) is 26.1 Å². The average molecular weight is 219 g/mol. The number of hydrogen-bond donors (Lipinski definition) is 1. The minimum Gasteiger partial charge on any atom is -0.382 e. The second-order valence-corrected chi connectivity index (χ2v) is 3.85. The third-order valence-corrected chi connectivity index (χ3v) is 1.88. The molecule has 15 heavy (non-hydrogen) atoms. The van der Waals surface area contributed by atoms with E-state index in [4.69, 9.17) is 14.2 Å². The second kappa shape index (κ2) is 10.4. The highest BCUT2D eigenvalue weighted by molar-refractivity contribution is 4.58. The van der Waals surface area contributed by atoms with Crippen molar-refractivity contribution >= 4 is 0 Å². The molecule has 0 aliphatic carbocycles. The highest BCUT2D eigenvalue weighted by Gasteiger charge is 2.02. The summed E-state index contributed by atoms with van der Waals surface area (Å²) in [7, 11) is 1.67. The van der Waals surface area contributed by atoms with Crippen LogP contribution < -0.4 is 5.32 Å². The SMILES string of the molecule is COCCOCCOC(C)CNC(C)C. The molecule has 0 aliphatic heterocycles. The minimum absolute atomic E-state index is 0.235. The molecule has 0 bridgehead atoms. The van der Waals surface area contributed by atoms with Crippen LogP contribution in [0.5, 0.6) is 0 Å². The van der Waals surface area contributed by atoms with E-state index in [1.165, 1.54) is 0 Å². The van der Waals surface area contributed by atoms with E-state index in [1.807, 2.05) is 0 Å². The normalized spacial score (nSPS) is 13.4. The Hall–Kier alpha value is -0.160. The molecule has 1 unspecified atom stereocenters. The van der Waals surface area contributed by atoms with Crippen LogP contribution in [0.1, 0.15) is 20.8 Å². The second-order valence-electron chi connectivity index (χ2n) is 3.85. The summed E-state index contributed by atoms with van der Waals surface area (Å²) in [6.45, 7) is 9.75. The first-order chi connectivity index (χ1) is 7.16. The van der Waals surface area contributed by atoms with Crippen LogP contribution in [-0.4, -0.2) is 52.2 Å². The van der Waals surface area contributed by atoms with Gasteiger partial charge in [0.1, 0.15) is 0 Å². The fraction of sp³-hybridized carbons (Fsp3) is 1.00. The zero-order valence-corrected chi connectivity index (χ0v) is 10.4. The molecule has 0 amide bonds. The maximum atomic E-state index is 5.54. The average Bonchev–Trinajstić information content (AvgIpc) is 2.20. The van der Waals surface area contributed by atoms with E-state index >= 15 is 0 Å². The summed E-state index contributed by atoms with van der Waals surface area (Å²) in [6, 6.07) is 0.508. The van der Waals surface area contributed by atoms with E-state index in [0.717, 1.165) is 6.54 Å². The topological polar surface area (TPSA) is 39.7 Å². The summed E-state index contributed by atoms with van der Waals surface area (Å²) >= 11 is 0. The third kappa shape index (κ3) is 11.8. The Morgan fingerprint density at radius 3 is 2.27 bits per heavy atom. The van der Waals surface area contributed by atoms with E-state index in [-0.39, 0.29) is 6.10 Å². The first-order valence-electron chi connectivity index (χ1n) is 5.58. The fourth-order valence-corrected chi connectivity index (χ4v) is 1.01. The van der Waals surface area contributed by atoms with Crippen molar-refractivity contribution in [3.63, 3.8) is 0 Å². The van der Waals surface area contributed by atoms with Crippen LogP contribution in [0.3, 0.4) is 0 Å². The molecule has 1 N–H and O–H groups in total. The molecule has 0 aromatic carbocycles. The van der Waals surface area contributed by atoms with Crippen LogP contribution in [0.2, 0.25) is 0 Å². The van der Waals surface area contributed by atoms with Gasteiger partial charge in [-0.25, -0.2) is 0 Å². The van der Waals surface area contributed by atoms with Gasteiger partial charge in [-0.05, 0) is 6.92 Å². The minimum atomic E-state index is 0.235. The van der Waals surface area contributed by atoms with Gasteiger partial charge in [0.2, 0.25) is 0 Å². The molecule has 0 aromatic rings. The Balaban J connectivity index is 3.13. The standard InChI is InChI=1S/C11H25NO3/c1-10(2)12-9-11(3)15-8-7-14-6-5-13-4/h10-12H,5-9H2,1-4H3. The molecular weight excluding hydrogens is 194 g/mol. The Kier molecular flexibility index (Phi) is 10.3. The van der Waals surface area contributed by atoms with Gasteiger partial charge in [-0.2, -0.15) is 0 Å². The summed E-state index contributed by atoms with van der Waals surface area (Å²) in [5.41, 5.74) is 0. The Morgan fingerprint density at radius 2 is 1.67 bits per heavy atom. The van der Waals surface area contributed by atoms with Crippen molar-refractivity contribution in [2.24, 2.45) is 0 Å². The predicted octanol–water partition coefficient (Wildman–Crippen LogP) is 1.05. The van der Waals surface area contributed by atoms with Gasteiger partial charge in [-0.3, -0.25) is 0 Å². The van der Waals surface area contributed by atoms with Crippen LogP contribution in [0.4, 0.5) is 0 Å². The van der Waals surface area contributed by atoms with Crippen LogP contribution >= 0.6 is 0 Å². The van der Waals surface area contributed by atoms with E-state index in [9.17, 15) is 0 Å². The lowest BCUT2D eigenvalue weighted by molar-refractivity contribution is -0.000361. The lowest BCUT2D eigenvalue weighted by Gasteiger charge is -2.15. The molecule has 0 saturated heterocycles. The zero-order chi connectivity index (χ0) is 11.5. The molecule has 0 heterocycles. The van der Waals surface area contributed by atoms with Crippen molar-refractivity contribution in [1.82, 2.24) is 5.32 Å². The Morgan fingerprint density at radius 1 is 1.00 bits per heavy atom. The van der Waals surface area contributed by atoms with E-state index < -0.39 is 0 Å². The maximum Gasteiger partial charge on any atom is 0.0704 e. The Labute approximate surface area is 93.3 Å². The summed E-state index contributed by atoms with van der Waals surface area (Å²) in [5.74, 6) is 0. The number of methoxy groups -OCH3 is 1. The van der Waals surface area contributed by atoms with Gasteiger partial charge in [-0.1, -0.05) is 13.8 Å². The molecule has 0 aromatic heterocycles. The van der Waals surface area contributed by atoms with Crippen molar-refractivity contribution in [3.05, 3.63) is 0 Å². The first-order valence-corrected chi connectivity index (χ1v) is 5.58. The molecule has 0 rings (SSSR count). The summed E-state index contributed by atoms with van der Waals surface area (Å²) in [5, 5.41) is 3.32. The Bertz CT molecular complexity index is 131. The number of hydrogen-bond acceptors (Lipinski definition) is 4. The largest absolute Gasteiger partial charge is 0.382 e. The fourth-order valence-electron chi connectivity index (χ4n) is 1.01. The monoisotopic (exact) mass is 219 g/mol. The molecule has 4 heteroatoms. The number of ether oxygens (including phenoxy) is 3. The highest BCUT2D eigenvalue weighted by Crippen LogP contribution is 1.90. The molecule has 4 nitrogen and oxygen atoms in total. The van der Waals surface area contributed by atoms with Gasteiger partial charge in [-0.15, -0.1) is 0 Å². The third-order valence-electron chi connectivity index (χ3n) is 1.88. The first kappa shape index (κ1) is 14.8. The van der Waals surface area contributed by atoms with Crippen LogP contribution in [-0.2, 0) is 14.2 Å². The molecule has 0 fully saturated rings.